The molecule has 0 aliphatic carbocycles. The predicted molar refractivity (Wildman–Crippen MR) is 115 cm³/mol. The molecule has 3 aromatic heterocycles. The Labute approximate surface area is 176 Å². The summed E-state index contributed by atoms with van der Waals surface area (Å²) < 4.78 is 2.53. The van der Waals surface area contributed by atoms with Crippen molar-refractivity contribution in [2.45, 2.75) is 31.8 Å². The summed E-state index contributed by atoms with van der Waals surface area (Å²) in [6.07, 6.45) is 0.984. The smallest absolute Gasteiger partial charge is 0.268 e. The minimum Gasteiger partial charge on any atom is -0.354 e. The van der Waals surface area contributed by atoms with Gasteiger partial charge in [0.15, 0.2) is 0 Å². The van der Waals surface area contributed by atoms with Crippen LogP contribution in [0.4, 0.5) is 0 Å². The van der Waals surface area contributed by atoms with Gasteiger partial charge in [-0.2, -0.15) is 0 Å². The van der Waals surface area contributed by atoms with Crippen LogP contribution < -0.4 is 16.4 Å². The lowest BCUT2D eigenvalue weighted by Gasteiger charge is -2.47. The van der Waals surface area contributed by atoms with E-state index >= 15 is 0 Å². The molecule has 0 aromatic carbocycles. The molecule has 1 amide bonds. The number of piperidine rings is 1. The summed E-state index contributed by atoms with van der Waals surface area (Å²) in [5.74, 6) is 1.04. The van der Waals surface area contributed by atoms with E-state index in [0.717, 1.165) is 30.7 Å². The molecule has 30 heavy (non-hydrogen) atoms. The Morgan fingerprint density at radius 2 is 2.17 bits per heavy atom. The molecule has 8 nitrogen and oxygen atoms in total. The molecule has 0 radical (unpaired) electrons. The standard InChI is InChI=1S/C21H23N5O3S/c1-12(27)22-8-17-14-7-13(16-3-2-4-19(28)26(16)17)9-25(10-14)11-18-23-15-5-6-30-20(15)21(29)24-18/h2-6,13-14,17H,7-11H2,1H3,(H,22,27)(H,23,24,29)/t13-,14+,17+/m1/s1. The van der Waals surface area contributed by atoms with Crippen molar-refractivity contribution in [1.29, 1.82) is 0 Å². The Bertz CT molecular complexity index is 1230. The Morgan fingerprint density at radius 3 is 3.00 bits per heavy atom. The molecule has 3 atom stereocenters. The highest BCUT2D eigenvalue weighted by Crippen LogP contribution is 2.41. The summed E-state index contributed by atoms with van der Waals surface area (Å²) in [6.45, 7) is 4.08. The van der Waals surface area contributed by atoms with E-state index in [-0.39, 0.29) is 34.9 Å². The first-order chi connectivity index (χ1) is 14.5. The molecule has 9 heteroatoms. The van der Waals surface area contributed by atoms with Crippen LogP contribution in [0.25, 0.3) is 10.2 Å². The summed E-state index contributed by atoms with van der Waals surface area (Å²) in [5.41, 5.74) is 1.65. The maximum Gasteiger partial charge on any atom is 0.268 e. The highest BCUT2D eigenvalue weighted by atomic mass is 32.1. The minimum absolute atomic E-state index is 0.0140. The number of amides is 1. The van der Waals surface area contributed by atoms with Crippen molar-refractivity contribution < 1.29 is 4.79 Å². The fourth-order valence-corrected chi connectivity index (χ4v) is 5.71. The molecule has 0 unspecified atom stereocenters. The molecule has 1 fully saturated rings. The second-order valence-corrected chi connectivity index (χ2v) is 9.11. The molecule has 2 aliphatic rings. The molecule has 2 N–H and O–H groups in total. The molecule has 2 aliphatic heterocycles. The van der Waals surface area contributed by atoms with Gasteiger partial charge in [-0.15, -0.1) is 11.3 Å². The van der Waals surface area contributed by atoms with E-state index < -0.39 is 0 Å². The molecule has 2 bridgehead atoms. The topological polar surface area (TPSA) is 100 Å². The molecular formula is C21H23N5O3S. The lowest BCUT2D eigenvalue weighted by atomic mass is 9.78. The second-order valence-electron chi connectivity index (χ2n) is 8.20. The molecule has 0 spiro atoms. The van der Waals surface area contributed by atoms with Crippen LogP contribution >= 0.6 is 11.3 Å². The van der Waals surface area contributed by atoms with E-state index in [1.165, 1.54) is 18.3 Å². The van der Waals surface area contributed by atoms with Gasteiger partial charge in [0, 0.05) is 44.2 Å². The molecule has 3 aromatic rings. The van der Waals surface area contributed by atoms with E-state index in [1.807, 2.05) is 28.1 Å². The monoisotopic (exact) mass is 425 g/mol. The number of aromatic amines is 1. The van der Waals surface area contributed by atoms with Gasteiger partial charge in [-0.3, -0.25) is 19.3 Å². The van der Waals surface area contributed by atoms with Crippen LogP contribution in [0.3, 0.4) is 0 Å². The Morgan fingerprint density at radius 1 is 1.30 bits per heavy atom. The first-order valence-corrected chi connectivity index (χ1v) is 11.0. The van der Waals surface area contributed by atoms with Gasteiger partial charge in [-0.1, -0.05) is 6.07 Å². The number of nitrogens with zero attached hydrogens (tertiary/aromatic N) is 3. The number of carbonyl (C=O) groups excluding carboxylic acids is 1. The number of H-pyrrole nitrogens is 1. The van der Waals surface area contributed by atoms with Gasteiger partial charge in [0.05, 0.1) is 18.1 Å². The number of hydrogen-bond donors (Lipinski definition) is 2. The van der Waals surface area contributed by atoms with Crippen molar-refractivity contribution in [3.8, 4) is 0 Å². The van der Waals surface area contributed by atoms with Crippen LogP contribution in [-0.2, 0) is 11.3 Å². The number of aromatic nitrogens is 3. The maximum atomic E-state index is 12.6. The van der Waals surface area contributed by atoms with E-state index in [4.69, 9.17) is 0 Å². The fraction of sp³-hybridized carbons (Fsp3) is 0.429. The van der Waals surface area contributed by atoms with Crippen LogP contribution in [0, 0.1) is 5.92 Å². The lowest BCUT2D eigenvalue weighted by Crippen LogP contribution is -2.51. The molecule has 5 heterocycles. The SMILES string of the molecule is CC(=O)NC[C@H]1[C@H]2C[C@H](CN(Cc3nc4ccsc4c(=O)[nH]3)C2)c2cccc(=O)n21. The number of hydrogen-bond acceptors (Lipinski definition) is 6. The van der Waals surface area contributed by atoms with Crippen molar-refractivity contribution in [3.05, 3.63) is 61.9 Å². The number of likely N-dealkylation sites (tertiary alicyclic amines) is 1. The van der Waals surface area contributed by atoms with Gasteiger partial charge in [0.1, 0.15) is 10.5 Å². The van der Waals surface area contributed by atoms with E-state index in [2.05, 4.69) is 20.2 Å². The van der Waals surface area contributed by atoms with Crippen molar-refractivity contribution in [2.75, 3.05) is 19.6 Å². The average molecular weight is 426 g/mol. The molecular weight excluding hydrogens is 402 g/mol. The van der Waals surface area contributed by atoms with Crippen LogP contribution in [0.5, 0.6) is 0 Å². The minimum atomic E-state index is -0.0961. The highest BCUT2D eigenvalue weighted by Gasteiger charge is 2.40. The van der Waals surface area contributed by atoms with Gasteiger partial charge in [-0.05, 0) is 29.9 Å². The van der Waals surface area contributed by atoms with E-state index in [0.29, 0.717) is 23.6 Å². The number of carbonyl (C=O) groups is 1. The highest BCUT2D eigenvalue weighted by molar-refractivity contribution is 7.17. The number of rotatable bonds is 4. The van der Waals surface area contributed by atoms with Crippen molar-refractivity contribution in [2.24, 2.45) is 5.92 Å². The van der Waals surface area contributed by atoms with Gasteiger partial charge >= 0.3 is 0 Å². The van der Waals surface area contributed by atoms with E-state index in [1.54, 1.807) is 6.07 Å². The largest absolute Gasteiger partial charge is 0.354 e. The number of nitrogens with one attached hydrogen (secondary N) is 2. The quantitative estimate of drug-likeness (QED) is 0.659. The van der Waals surface area contributed by atoms with Crippen LogP contribution in [0.1, 0.15) is 36.8 Å². The fourth-order valence-electron chi connectivity index (χ4n) is 4.98. The van der Waals surface area contributed by atoms with Gasteiger partial charge in [0.2, 0.25) is 5.91 Å². The zero-order valence-electron chi connectivity index (χ0n) is 16.6. The van der Waals surface area contributed by atoms with Crippen LogP contribution in [0.2, 0.25) is 0 Å². The molecule has 156 valence electrons. The summed E-state index contributed by atoms with van der Waals surface area (Å²) in [7, 11) is 0. The number of thiophene rings is 1. The maximum absolute atomic E-state index is 12.6. The van der Waals surface area contributed by atoms with Gasteiger partial charge in [0.25, 0.3) is 11.1 Å². The summed E-state index contributed by atoms with van der Waals surface area (Å²) in [6, 6.07) is 7.21. The summed E-state index contributed by atoms with van der Waals surface area (Å²) in [4.78, 5) is 46.3. The third kappa shape index (κ3) is 3.37. The number of fused-ring (bicyclic) bond motifs is 5. The first kappa shape index (κ1) is 19.2. The molecule has 0 saturated carbocycles. The lowest BCUT2D eigenvalue weighted by molar-refractivity contribution is -0.119. The van der Waals surface area contributed by atoms with Crippen LogP contribution in [-0.4, -0.2) is 45.0 Å². The molecule has 1 saturated heterocycles. The van der Waals surface area contributed by atoms with E-state index in [9.17, 15) is 14.4 Å². The zero-order valence-corrected chi connectivity index (χ0v) is 17.4. The summed E-state index contributed by atoms with van der Waals surface area (Å²) in [5, 5.41) is 4.78. The summed E-state index contributed by atoms with van der Waals surface area (Å²) >= 11 is 1.40. The Hall–Kier alpha value is -2.78. The van der Waals surface area contributed by atoms with Gasteiger partial charge < -0.3 is 14.9 Å². The van der Waals surface area contributed by atoms with Crippen molar-refractivity contribution in [1.82, 2.24) is 24.8 Å². The predicted octanol–water partition coefficient (Wildman–Crippen LogP) is 1.44. The number of pyridine rings is 1. The molecule has 5 rings (SSSR count). The average Bonchev–Trinajstić information content (AvgIpc) is 3.17. The Kier molecular flexibility index (Phi) is 4.79. The Balaban J connectivity index is 1.45. The van der Waals surface area contributed by atoms with Gasteiger partial charge in [-0.25, -0.2) is 4.98 Å². The first-order valence-electron chi connectivity index (χ1n) is 10.1. The zero-order chi connectivity index (χ0) is 20.8. The third-order valence-electron chi connectivity index (χ3n) is 6.17. The normalized spacial score (nSPS) is 23.3. The van der Waals surface area contributed by atoms with Crippen molar-refractivity contribution >= 4 is 27.5 Å². The third-order valence-corrected chi connectivity index (χ3v) is 7.07. The van der Waals surface area contributed by atoms with Crippen molar-refractivity contribution in [3.63, 3.8) is 0 Å². The van der Waals surface area contributed by atoms with Crippen LogP contribution in [0.15, 0.2) is 39.2 Å². The second kappa shape index (κ2) is 7.48.